The van der Waals surface area contributed by atoms with Gasteiger partial charge in [-0.3, -0.25) is 0 Å². The van der Waals surface area contributed by atoms with E-state index in [0.29, 0.717) is 12.3 Å². The van der Waals surface area contributed by atoms with Gasteiger partial charge in [-0.05, 0) is 24.3 Å². The zero-order valence-electron chi connectivity index (χ0n) is 6.25. The fraction of sp³-hybridized carbons (Fsp3) is 0.750. The van der Waals surface area contributed by atoms with E-state index in [1.165, 1.54) is 0 Å². The predicted molar refractivity (Wildman–Crippen MR) is 39.6 cm³/mol. The Balaban J connectivity index is 2.52. The Hall–Kier alpha value is -0.340. The van der Waals surface area contributed by atoms with E-state index in [1.807, 2.05) is 13.0 Å². The zero-order valence-corrected chi connectivity index (χ0v) is 6.25. The number of hydrogen-bond donors (Lipinski definition) is 2. The van der Waals surface area contributed by atoms with Gasteiger partial charge in [0.1, 0.15) is 0 Å². The van der Waals surface area contributed by atoms with Crippen LogP contribution in [0.1, 0.15) is 19.8 Å². The molecular formula is C8H14O2. The van der Waals surface area contributed by atoms with Crippen molar-refractivity contribution in [1.82, 2.24) is 0 Å². The molecule has 1 aliphatic carbocycles. The van der Waals surface area contributed by atoms with Crippen LogP contribution in [0.3, 0.4) is 0 Å². The number of allylic oxidation sites excluding steroid dienone is 1. The molecule has 0 saturated heterocycles. The molecule has 0 aliphatic heterocycles. The monoisotopic (exact) mass is 142 g/mol. The Bertz CT molecular complexity index is 140. The second-order valence-corrected chi connectivity index (χ2v) is 3.00. The summed E-state index contributed by atoms with van der Waals surface area (Å²) in [6.45, 7) is 2.12. The normalized spacial score (nSPS) is 33.7. The van der Waals surface area contributed by atoms with Gasteiger partial charge in [-0.25, -0.2) is 0 Å². The summed E-state index contributed by atoms with van der Waals surface area (Å²) in [7, 11) is 0. The Labute approximate surface area is 61.2 Å². The Kier molecular flexibility index (Phi) is 2.46. The van der Waals surface area contributed by atoms with Crippen molar-refractivity contribution in [3.63, 3.8) is 0 Å². The molecule has 2 atom stereocenters. The first kappa shape index (κ1) is 7.76. The summed E-state index contributed by atoms with van der Waals surface area (Å²) in [6, 6.07) is 0. The number of aliphatic hydroxyl groups is 2. The van der Waals surface area contributed by atoms with Crippen molar-refractivity contribution >= 4 is 0 Å². The number of hydrogen-bond acceptors (Lipinski definition) is 2. The Morgan fingerprint density at radius 1 is 1.70 bits per heavy atom. The van der Waals surface area contributed by atoms with Gasteiger partial charge in [-0.1, -0.05) is 13.0 Å². The third-order valence-corrected chi connectivity index (χ3v) is 2.11. The Morgan fingerprint density at radius 3 is 2.90 bits per heavy atom. The average molecular weight is 142 g/mol. The molecule has 0 aromatic carbocycles. The average Bonchev–Trinajstić information content (AvgIpc) is 1.95. The molecule has 0 saturated carbocycles. The van der Waals surface area contributed by atoms with E-state index >= 15 is 0 Å². The molecule has 0 fully saturated rings. The van der Waals surface area contributed by atoms with Gasteiger partial charge in [0.05, 0.1) is 12.7 Å². The molecule has 1 aliphatic rings. The minimum absolute atomic E-state index is 0.101. The molecular weight excluding hydrogens is 128 g/mol. The standard InChI is InChI=1S/C8H14O2/c1-6-2-3-7(5-9)4-8(6)10/h3,6,8-10H,2,4-5H2,1H3/t6-,8?/m0/s1. The SMILES string of the molecule is C[C@H]1CC=C(CO)CC1O. The molecule has 0 radical (unpaired) electrons. The van der Waals surface area contributed by atoms with Crippen LogP contribution in [0.25, 0.3) is 0 Å². The highest BCUT2D eigenvalue weighted by molar-refractivity contribution is 5.08. The summed E-state index contributed by atoms with van der Waals surface area (Å²) in [6.07, 6.45) is 3.33. The summed E-state index contributed by atoms with van der Waals surface area (Å²) in [4.78, 5) is 0. The maximum atomic E-state index is 9.33. The van der Waals surface area contributed by atoms with Crippen molar-refractivity contribution in [2.24, 2.45) is 5.92 Å². The lowest BCUT2D eigenvalue weighted by Crippen LogP contribution is -2.22. The van der Waals surface area contributed by atoms with E-state index in [9.17, 15) is 5.11 Å². The first-order valence-electron chi connectivity index (χ1n) is 3.71. The molecule has 1 rings (SSSR count). The van der Waals surface area contributed by atoms with Crippen LogP contribution in [0.5, 0.6) is 0 Å². The van der Waals surface area contributed by atoms with Crippen LogP contribution >= 0.6 is 0 Å². The van der Waals surface area contributed by atoms with Gasteiger partial charge in [0, 0.05) is 0 Å². The van der Waals surface area contributed by atoms with Crippen molar-refractivity contribution in [3.8, 4) is 0 Å². The molecule has 58 valence electrons. The lowest BCUT2D eigenvalue weighted by Gasteiger charge is -2.23. The maximum absolute atomic E-state index is 9.33. The van der Waals surface area contributed by atoms with Gasteiger partial charge in [-0.2, -0.15) is 0 Å². The van der Waals surface area contributed by atoms with Crippen LogP contribution < -0.4 is 0 Å². The van der Waals surface area contributed by atoms with E-state index in [0.717, 1.165) is 12.0 Å². The van der Waals surface area contributed by atoms with Gasteiger partial charge in [0.25, 0.3) is 0 Å². The van der Waals surface area contributed by atoms with E-state index < -0.39 is 0 Å². The molecule has 0 spiro atoms. The van der Waals surface area contributed by atoms with E-state index in [2.05, 4.69) is 0 Å². The van der Waals surface area contributed by atoms with Crippen molar-refractivity contribution < 1.29 is 10.2 Å². The summed E-state index contributed by atoms with van der Waals surface area (Å²) < 4.78 is 0. The van der Waals surface area contributed by atoms with Crippen LogP contribution in [0.15, 0.2) is 11.6 Å². The molecule has 0 heterocycles. The third kappa shape index (κ3) is 1.58. The Morgan fingerprint density at radius 2 is 2.40 bits per heavy atom. The van der Waals surface area contributed by atoms with Gasteiger partial charge >= 0.3 is 0 Å². The topological polar surface area (TPSA) is 40.5 Å². The summed E-state index contributed by atoms with van der Waals surface area (Å²) in [5.41, 5.74) is 0.977. The van der Waals surface area contributed by atoms with Crippen LogP contribution in [-0.2, 0) is 0 Å². The largest absolute Gasteiger partial charge is 0.393 e. The molecule has 0 amide bonds. The van der Waals surface area contributed by atoms with Gasteiger partial charge in [-0.15, -0.1) is 0 Å². The fourth-order valence-electron chi connectivity index (χ4n) is 1.19. The van der Waals surface area contributed by atoms with Crippen LogP contribution in [-0.4, -0.2) is 22.9 Å². The van der Waals surface area contributed by atoms with Crippen molar-refractivity contribution in [2.75, 3.05) is 6.61 Å². The molecule has 1 unspecified atom stereocenters. The van der Waals surface area contributed by atoms with Crippen molar-refractivity contribution in [2.45, 2.75) is 25.9 Å². The number of aliphatic hydroxyl groups excluding tert-OH is 2. The molecule has 0 bridgehead atoms. The molecule has 2 heteroatoms. The highest BCUT2D eigenvalue weighted by Crippen LogP contribution is 2.22. The zero-order chi connectivity index (χ0) is 7.56. The highest BCUT2D eigenvalue weighted by atomic mass is 16.3. The second kappa shape index (κ2) is 3.17. The molecule has 10 heavy (non-hydrogen) atoms. The predicted octanol–water partition coefficient (Wildman–Crippen LogP) is 0.696. The lowest BCUT2D eigenvalue weighted by atomic mass is 9.89. The smallest absolute Gasteiger partial charge is 0.0642 e. The van der Waals surface area contributed by atoms with E-state index in [4.69, 9.17) is 5.11 Å². The van der Waals surface area contributed by atoms with Gasteiger partial charge in [0.15, 0.2) is 0 Å². The molecule has 0 aromatic heterocycles. The summed E-state index contributed by atoms with van der Waals surface area (Å²) >= 11 is 0. The molecule has 0 aromatic rings. The van der Waals surface area contributed by atoms with Crippen molar-refractivity contribution in [3.05, 3.63) is 11.6 Å². The van der Waals surface area contributed by atoms with Crippen LogP contribution in [0.4, 0.5) is 0 Å². The van der Waals surface area contributed by atoms with Crippen LogP contribution in [0, 0.1) is 5.92 Å². The molecule has 2 nitrogen and oxygen atoms in total. The fourth-order valence-corrected chi connectivity index (χ4v) is 1.19. The minimum Gasteiger partial charge on any atom is -0.393 e. The van der Waals surface area contributed by atoms with Gasteiger partial charge in [0.2, 0.25) is 0 Å². The highest BCUT2D eigenvalue weighted by Gasteiger charge is 2.18. The first-order chi connectivity index (χ1) is 4.74. The minimum atomic E-state index is -0.243. The van der Waals surface area contributed by atoms with E-state index in [1.54, 1.807) is 0 Å². The quantitative estimate of drug-likeness (QED) is 0.529. The summed E-state index contributed by atoms with van der Waals surface area (Å²) in [5, 5.41) is 18.0. The summed E-state index contributed by atoms with van der Waals surface area (Å²) in [5.74, 6) is 0.357. The number of rotatable bonds is 1. The first-order valence-corrected chi connectivity index (χ1v) is 3.71. The maximum Gasteiger partial charge on any atom is 0.0642 e. The van der Waals surface area contributed by atoms with Gasteiger partial charge < -0.3 is 10.2 Å². The van der Waals surface area contributed by atoms with E-state index in [-0.39, 0.29) is 12.7 Å². The third-order valence-electron chi connectivity index (χ3n) is 2.11. The molecule has 2 N–H and O–H groups in total. The van der Waals surface area contributed by atoms with Crippen molar-refractivity contribution in [1.29, 1.82) is 0 Å². The lowest BCUT2D eigenvalue weighted by molar-refractivity contribution is 0.107. The second-order valence-electron chi connectivity index (χ2n) is 3.00. The van der Waals surface area contributed by atoms with Crippen LogP contribution in [0.2, 0.25) is 0 Å².